The number of hydrogen-bond donors (Lipinski definition) is 1. The predicted octanol–water partition coefficient (Wildman–Crippen LogP) is 2.19. The van der Waals surface area contributed by atoms with E-state index in [1.807, 2.05) is 0 Å². The summed E-state index contributed by atoms with van der Waals surface area (Å²) in [4.78, 5) is 11.0. The number of hydrogen-bond acceptors (Lipinski definition) is 3. The van der Waals surface area contributed by atoms with Crippen LogP contribution in [0.3, 0.4) is 0 Å². The van der Waals surface area contributed by atoms with Crippen molar-refractivity contribution in [1.29, 1.82) is 0 Å². The van der Waals surface area contributed by atoms with E-state index >= 15 is 0 Å². The van der Waals surface area contributed by atoms with Gasteiger partial charge in [0.15, 0.2) is 0 Å². The number of aliphatic hydroxyl groups is 1. The largest absolute Gasteiger partial charge is 0.460 e. The van der Waals surface area contributed by atoms with Gasteiger partial charge in [0.1, 0.15) is 6.10 Å². The van der Waals surface area contributed by atoms with Gasteiger partial charge >= 0.3 is 5.97 Å². The lowest BCUT2D eigenvalue weighted by Gasteiger charge is -2.43. The molecule has 0 aromatic rings. The summed E-state index contributed by atoms with van der Waals surface area (Å²) in [5.74, 6) is -0.285. The fraction of sp³-hybridized carbons (Fsp3) is 0.769. The normalized spacial score (nSPS) is 38.6. The third-order valence-corrected chi connectivity index (χ3v) is 3.91. The molecule has 0 aliphatic heterocycles. The second-order valence-corrected chi connectivity index (χ2v) is 5.17. The Morgan fingerprint density at radius 1 is 1.44 bits per heavy atom. The molecule has 16 heavy (non-hydrogen) atoms. The molecule has 0 bridgehead atoms. The lowest BCUT2D eigenvalue weighted by Crippen LogP contribution is -2.42. The number of carbonyl (C=O) groups is 1. The summed E-state index contributed by atoms with van der Waals surface area (Å²) in [5, 5.41) is 9.84. The van der Waals surface area contributed by atoms with Gasteiger partial charge in [-0.15, -0.1) is 0 Å². The van der Waals surface area contributed by atoms with Gasteiger partial charge in [-0.3, -0.25) is 4.79 Å². The average Bonchev–Trinajstić information content (AvgIpc) is 2.24. The first-order valence-electron chi connectivity index (χ1n) is 6.12. The van der Waals surface area contributed by atoms with E-state index in [2.05, 4.69) is 12.2 Å². The lowest BCUT2D eigenvalue weighted by molar-refractivity contribution is -0.159. The van der Waals surface area contributed by atoms with Gasteiger partial charge in [-0.25, -0.2) is 0 Å². The molecule has 1 fully saturated rings. The second kappa shape index (κ2) is 4.58. The molecule has 2 rings (SSSR count). The minimum atomic E-state index is -0.472. The summed E-state index contributed by atoms with van der Waals surface area (Å²) in [6, 6.07) is 0. The SMILES string of the molecule is CC(=O)O[C@@H]1C[C@]2(CC=CCC2)CC[C@@H]1O. The molecule has 3 nitrogen and oxygen atoms in total. The van der Waals surface area contributed by atoms with Gasteiger partial charge in [-0.2, -0.15) is 0 Å². The van der Waals surface area contributed by atoms with Gasteiger partial charge in [0, 0.05) is 6.92 Å². The maximum Gasteiger partial charge on any atom is 0.302 e. The highest BCUT2D eigenvalue weighted by atomic mass is 16.6. The Hall–Kier alpha value is -0.830. The number of ether oxygens (including phenoxy) is 1. The van der Waals surface area contributed by atoms with Crippen molar-refractivity contribution in [2.24, 2.45) is 5.41 Å². The molecule has 0 aromatic carbocycles. The van der Waals surface area contributed by atoms with E-state index in [4.69, 9.17) is 4.74 Å². The molecule has 0 radical (unpaired) electrons. The van der Waals surface area contributed by atoms with Crippen LogP contribution in [0.5, 0.6) is 0 Å². The first-order chi connectivity index (χ1) is 7.61. The van der Waals surface area contributed by atoms with E-state index in [9.17, 15) is 9.90 Å². The highest BCUT2D eigenvalue weighted by Gasteiger charge is 2.41. The Morgan fingerprint density at radius 3 is 2.88 bits per heavy atom. The molecule has 2 aliphatic rings. The monoisotopic (exact) mass is 224 g/mol. The van der Waals surface area contributed by atoms with Crippen LogP contribution in [0.4, 0.5) is 0 Å². The molecule has 0 heterocycles. The molecule has 3 atom stereocenters. The number of allylic oxidation sites excluding steroid dienone is 2. The van der Waals surface area contributed by atoms with Crippen molar-refractivity contribution in [2.75, 3.05) is 0 Å². The Labute approximate surface area is 96.5 Å². The first kappa shape index (κ1) is 11.6. The Morgan fingerprint density at radius 2 is 2.25 bits per heavy atom. The van der Waals surface area contributed by atoms with Crippen molar-refractivity contribution in [3.63, 3.8) is 0 Å². The molecule has 1 spiro atoms. The van der Waals surface area contributed by atoms with Crippen molar-refractivity contribution in [3.8, 4) is 0 Å². The van der Waals surface area contributed by atoms with Gasteiger partial charge in [-0.05, 0) is 43.9 Å². The standard InChI is InChI=1S/C13H20O3/c1-10(14)16-12-9-13(8-5-11(12)15)6-3-2-4-7-13/h2-3,11-12,15H,4-9H2,1H3/t11-,12+,13-/m0/s1. The van der Waals surface area contributed by atoms with Gasteiger partial charge in [0.25, 0.3) is 0 Å². The van der Waals surface area contributed by atoms with Crippen molar-refractivity contribution in [3.05, 3.63) is 12.2 Å². The highest BCUT2D eigenvalue weighted by Crippen LogP contribution is 2.46. The fourth-order valence-electron chi connectivity index (χ4n) is 2.99. The zero-order chi connectivity index (χ0) is 11.6. The summed E-state index contributed by atoms with van der Waals surface area (Å²) in [7, 11) is 0. The molecular weight excluding hydrogens is 204 g/mol. The zero-order valence-corrected chi connectivity index (χ0v) is 9.82. The zero-order valence-electron chi connectivity index (χ0n) is 9.82. The molecule has 3 heteroatoms. The van der Waals surface area contributed by atoms with E-state index in [-0.39, 0.29) is 17.5 Å². The number of aliphatic hydroxyl groups excluding tert-OH is 1. The van der Waals surface area contributed by atoms with E-state index < -0.39 is 6.10 Å². The van der Waals surface area contributed by atoms with Crippen molar-refractivity contribution in [2.45, 2.75) is 57.7 Å². The minimum Gasteiger partial charge on any atom is -0.460 e. The van der Waals surface area contributed by atoms with Crippen LogP contribution in [0.15, 0.2) is 12.2 Å². The first-order valence-corrected chi connectivity index (χ1v) is 6.12. The number of rotatable bonds is 1. The maximum absolute atomic E-state index is 11.0. The molecule has 1 saturated carbocycles. The fourth-order valence-corrected chi connectivity index (χ4v) is 2.99. The van der Waals surface area contributed by atoms with E-state index in [0.717, 1.165) is 38.5 Å². The van der Waals surface area contributed by atoms with Crippen molar-refractivity contribution < 1.29 is 14.6 Å². The van der Waals surface area contributed by atoms with Crippen LogP contribution in [-0.4, -0.2) is 23.3 Å². The van der Waals surface area contributed by atoms with Crippen molar-refractivity contribution >= 4 is 5.97 Å². The number of carbonyl (C=O) groups excluding carboxylic acids is 1. The maximum atomic E-state index is 11.0. The van der Waals surface area contributed by atoms with Crippen LogP contribution in [0.2, 0.25) is 0 Å². The smallest absolute Gasteiger partial charge is 0.302 e. The van der Waals surface area contributed by atoms with Crippen LogP contribution < -0.4 is 0 Å². The van der Waals surface area contributed by atoms with Crippen LogP contribution in [0.1, 0.15) is 45.4 Å². The molecule has 90 valence electrons. The molecular formula is C13H20O3. The van der Waals surface area contributed by atoms with Gasteiger partial charge in [0.2, 0.25) is 0 Å². The van der Waals surface area contributed by atoms with Gasteiger partial charge in [-0.1, -0.05) is 12.2 Å². The second-order valence-electron chi connectivity index (χ2n) is 5.17. The third kappa shape index (κ3) is 2.46. The molecule has 1 N–H and O–H groups in total. The van der Waals surface area contributed by atoms with E-state index in [0.29, 0.717) is 0 Å². The lowest BCUT2D eigenvalue weighted by atomic mass is 9.66. The topological polar surface area (TPSA) is 46.5 Å². The average molecular weight is 224 g/mol. The highest BCUT2D eigenvalue weighted by molar-refractivity contribution is 5.66. The van der Waals surface area contributed by atoms with E-state index in [1.54, 1.807) is 0 Å². The van der Waals surface area contributed by atoms with Crippen molar-refractivity contribution in [1.82, 2.24) is 0 Å². The number of esters is 1. The molecule has 0 unspecified atom stereocenters. The van der Waals surface area contributed by atoms with Crippen LogP contribution >= 0.6 is 0 Å². The van der Waals surface area contributed by atoms with E-state index in [1.165, 1.54) is 6.92 Å². The summed E-state index contributed by atoms with van der Waals surface area (Å²) in [6.07, 6.45) is 9.65. The summed E-state index contributed by atoms with van der Waals surface area (Å²) < 4.78 is 5.22. The summed E-state index contributed by atoms with van der Waals surface area (Å²) >= 11 is 0. The molecule has 0 saturated heterocycles. The Kier molecular flexibility index (Phi) is 3.33. The van der Waals surface area contributed by atoms with Gasteiger partial charge in [0.05, 0.1) is 6.10 Å². The minimum absolute atomic E-state index is 0.272. The molecule has 2 aliphatic carbocycles. The predicted molar refractivity (Wildman–Crippen MR) is 60.8 cm³/mol. The summed E-state index contributed by atoms with van der Waals surface area (Å²) in [5.41, 5.74) is 0.272. The molecule has 0 aromatic heterocycles. The third-order valence-electron chi connectivity index (χ3n) is 3.91. The molecule has 0 amide bonds. The quantitative estimate of drug-likeness (QED) is 0.548. The Bertz CT molecular complexity index is 298. The van der Waals surface area contributed by atoms with Gasteiger partial charge < -0.3 is 9.84 Å². The van der Waals surface area contributed by atoms with Crippen LogP contribution in [0, 0.1) is 5.41 Å². The Balaban J connectivity index is 2.03. The van der Waals surface area contributed by atoms with Crippen LogP contribution in [-0.2, 0) is 9.53 Å². The van der Waals surface area contributed by atoms with Crippen LogP contribution in [0.25, 0.3) is 0 Å². The summed E-state index contributed by atoms with van der Waals surface area (Å²) in [6.45, 7) is 1.41.